The molecule has 114 valence electrons. The molecule has 0 aromatic heterocycles. The van der Waals surface area contributed by atoms with Crippen molar-refractivity contribution >= 4 is 0 Å². The van der Waals surface area contributed by atoms with E-state index in [0.29, 0.717) is 11.7 Å². The van der Waals surface area contributed by atoms with Gasteiger partial charge in [0.1, 0.15) is 5.75 Å². The van der Waals surface area contributed by atoms with E-state index in [1.165, 1.54) is 56.9 Å². The normalized spacial score (nSPS) is 12.6. The highest BCUT2D eigenvalue weighted by molar-refractivity contribution is 5.38. The molecule has 1 N–H and O–H groups in total. The second-order valence-electron chi connectivity index (χ2n) is 6.08. The lowest BCUT2D eigenvalue weighted by Crippen LogP contribution is -1.99. The molecule has 0 saturated heterocycles. The summed E-state index contributed by atoms with van der Waals surface area (Å²) >= 11 is 0. The highest BCUT2D eigenvalue weighted by atomic mass is 16.3. The standard InChI is InChI=1S/C19H32O/c1-4-6-7-8-9-10-11-12-17(5-2)18-15-16(3)13-14-19(18)20/h13-15,17,20H,4-12H2,1-3H3. The maximum Gasteiger partial charge on any atom is 0.119 e. The lowest BCUT2D eigenvalue weighted by molar-refractivity contribution is 0.449. The maximum atomic E-state index is 10.0. The average molecular weight is 276 g/mol. The van der Waals surface area contributed by atoms with E-state index in [4.69, 9.17) is 0 Å². The Kier molecular flexibility index (Phi) is 8.41. The Morgan fingerprint density at radius 2 is 1.60 bits per heavy atom. The zero-order valence-electron chi connectivity index (χ0n) is 13.6. The first kappa shape index (κ1) is 17.1. The summed E-state index contributed by atoms with van der Waals surface area (Å²) in [4.78, 5) is 0. The van der Waals surface area contributed by atoms with Crippen molar-refractivity contribution in [1.82, 2.24) is 0 Å². The van der Waals surface area contributed by atoms with Gasteiger partial charge < -0.3 is 5.11 Å². The van der Waals surface area contributed by atoms with Gasteiger partial charge in [0.05, 0.1) is 0 Å². The van der Waals surface area contributed by atoms with Gasteiger partial charge in [0.2, 0.25) is 0 Å². The molecular weight excluding hydrogens is 244 g/mol. The van der Waals surface area contributed by atoms with Gasteiger partial charge in [-0.25, -0.2) is 0 Å². The third-order valence-corrected chi connectivity index (χ3v) is 4.27. The molecule has 0 saturated carbocycles. The number of benzene rings is 1. The van der Waals surface area contributed by atoms with Gasteiger partial charge in [-0.3, -0.25) is 0 Å². The van der Waals surface area contributed by atoms with E-state index in [-0.39, 0.29) is 0 Å². The minimum absolute atomic E-state index is 0.477. The number of rotatable bonds is 10. The van der Waals surface area contributed by atoms with Crippen molar-refractivity contribution in [2.24, 2.45) is 0 Å². The van der Waals surface area contributed by atoms with Gasteiger partial charge in [-0.05, 0) is 37.3 Å². The lowest BCUT2D eigenvalue weighted by atomic mass is 9.89. The zero-order valence-corrected chi connectivity index (χ0v) is 13.6. The van der Waals surface area contributed by atoms with Crippen LogP contribution in [0.1, 0.15) is 88.7 Å². The molecule has 1 heteroatoms. The molecule has 0 fully saturated rings. The van der Waals surface area contributed by atoms with Crippen LogP contribution in [0, 0.1) is 6.92 Å². The average Bonchev–Trinajstić information content (AvgIpc) is 2.45. The second-order valence-corrected chi connectivity index (χ2v) is 6.08. The van der Waals surface area contributed by atoms with E-state index in [0.717, 1.165) is 12.0 Å². The molecule has 0 aliphatic heterocycles. The Labute approximate surface area is 125 Å². The maximum absolute atomic E-state index is 10.0. The van der Waals surface area contributed by atoms with Gasteiger partial charge in [0.15, 0.2) is 0 Å². The predicted molar refractivity (Wildman–Crippen MR) is 88.5 cm³/mol. The smallest absolute Gasteiger partial charge is 0.119 e. The summed E-state index contributed by atoms with van der Waals surface area (Å²) in [7, 11) is 0. The first-order valence-electron chi connectivity index (χ1n) is 8.48. The van der Waals surface area contributed by atoms with Gasteiger partial charge in [-0.15, -0.1) is 0 Å². The van der Waals surface area contributed by atoms with Crippen LogP contribution in [0.2, 0.25) is 0 Å². The second kappa shape index (κ2) is 9.85. The Balaban J connectivity index is 2.34. The summed E-state index contributed by atoms with van der Waals surface area (Å²) < 4.78 is 0. The van der Waals surface area contributed by atoms with Crippen molar-refractivity contribution in [1.29, 1.82) is 0 Å². The van der Waals surface area contributed by atoms with Gasteiger partial charge in [0, 0.05) is 0 Å². The summed E-state index contributed by atoms with van der Waals surface area (Å²) in [5.41, 5.74) is 2.40. The van der Waals surface area contributed by atoms with Crippen LogP contribution in [0.4, 0.5) is 0 Å². The van der Waals surface area contributed by atoms with Gasteiger partial charge in [-0.1, -0.05) is 76.5 Å². The van der Waals surface area contributed by atoms with E-state index in [9.17, 15) is 5.11 Å². The molecule has 0 bridgehead atoms. The molecule has 1 nitrogen and oxygen atoms in total. The van der Waals surface area contributed by atoms with Crippen LogP contribution < -0.4 is 0 Å². The SMILES string of the molecule is CCCCCCCCCC(CC)c1cc(C)ccc1O. The van der Waals surface area contributed by atoms with Gasteiger partial charge in [0.25, 0.3) is 0 Å². The molecule has 1 rings (SSSR count). The predicted octanol–water partition coefficient (Wildman–Crippen LogP) is 6.33. The number of aryl methyl sites for hydroxylation is 1. The minimum atomic E-state index is 0.477. The quantitative estimate of drug-likeness (QED) is 0.495. The van der Waals surface area contributed by atoms with Crippen LogP contribution in [0.5, 0.6) is 5.75 Å². The molecule has 20 heavy (non-hydrogen) atoms. The van der Waals surface area contributed by atoms with Crippen molar-refractivity contribution < 1.29 is 5.11 Å². The van der Waals surface area contributed by atoms with E-state index < -0.39 is 0 Å². The Bertz CT molecular complexity index is 370. The van der Waals surface area contributed by atoms with Gasteiger partial charge in [-0.2, -0.15) is 0 Å². The van der Waals surface area contributed by atoms with E-state index >= 15 is 0 Å². The molecule has 1 atom stereocenters. The topological polar surface area (TPSA) is 20.2 Å². The molecule has 0 spiro atoms. The molecule has 1 aromatic rings. The monoisotopic (exact) mass is 276 g/mol. The summed E-state index contributed by atoms with van der Waals surface area (Å²) in [6.07, 6.45) is 11.8. The largest absolute Gasteiger partial charge is 0.508 e. The van der Waals surface area contributed by atoms with E-state index in [1.54, 1.807) is 0 Å². The number of hydrogen-bond acceptors (Lipinski definition) is 1. The lowest BCUT2D eigenvalue weighted by Gasteiger charge is -2.17. The molecule has 0 aliphatic rings. The number of unbranched alkanes of at least 4 members (excludes halogenated alkanes) is 6. The number of phenols is 1. The van der Waals surface area contributed by atoms with Crippen LogP contribution in [-0.4, -0.2) is 5.11 Å². The van der Waals surface area contributed by atoms with E-state index in [1.807, 2.05) is 12.1 Å². The fraction of sp³-hybridized carbons (Fsp3) is 0.684. The van der Waals surface area contributed by atoms with Crippen LogP contribution >= 0.6 is 0 Å². The molecule has 0 aliphatic carbocycles. The van der Waals surface area contributed by atoms with Crippen LogP contribution in [0.25, 0.3) is 0 Å². The third-order valence-electron chi connectivity index (χ3n) is 4.27. The number of phenolic OH excluding ortho intramolecular Hbond substituents is 1. The Morgan fingerprint density at radius 3 is 2.25 bits per heavy atom. The van der Waals surface area contributed by atoms with Crippen LogP contribution in [0.15, 0.2) is 18.2 Å². The first-order valence-corrected chi connectivity index (χ1v) is 8.48. The number of hydrogen-bond donors (Lipinski definition) is 1. The Hall–Kier alpha value is -0.980. The minimum Gasteiger partial charge on any atom is -0.508 e. The van der Waals surface area contributed by atoms with E-state index in [2.05, 4.69) is 26.8 Å². The summed E-state index contributed by atoms with van der Waals surface area (Å²) in [6, 6.07) is 5.99. The molecule has 1 aromatic carbocycles. The van der Waals surface area contributed by atoms with Crippen molar-refractivity contribution in [3.05, 3.63) is 29.3 Å². The van der Waals surface area contributed by atoms with Gasteiger partial charge >= 0.3 is 0 Å². The van der Waals surface area contributed by atoms with Crippen molar-refractivity contribution in [2.45, 2.75) is 84.5 Å². The van der Waals surface area contributed by atoms with Crippen molar-refractivity contribution in [3.8, 4) is 5.75 Å². The zero-order chi connectivity index (χ0) is 14.8. The molecular formula is C19H32O. The van der Waals surface area contributed by atoms with Crippen molar-refractivity contribution in [3.63, 3.8) is 0 Å². The molecule has 0 heterocycles. The molecule has 0 amide bonds. The highest BCUT2D eigenvalue weighted by Gasteiger charge is 2.13. The van der Waals surface area contributed by atoms with Crippen LogP contribution in [0.3, 0.4) is 0 Å². The fourth-order valence-corrected chi connectivity index (χ4v) is 2.93. The van der Waals surface area contributed by atoms with Crippen LogP contribution in [-0.2, 0) is 0 Å². The Morgan fingerprint density at radius 1 is 0.950 bits per heavy atom. The summed E-state index contributed by atoms with van der Waals surface area (Å²) in [5, 5.41) is 10.0. The highest BCUT2D eigenvalue weighted by Crippen LogP contribution is 2.32. The number of aromatic hydroxyl groups is 1. The molecule has 0 radical (unpaired) electrons. The summed E-state index contributed by atoms with van der Waals surface area (Å²) in [6.45, 7) is 6.59. The first-order chi connectivity index (χ1) is 9.69. The fourth-order valence-electron chi connectivity index (χ4n) is 2.93. The molecule has 1 unspecified atom stereocenters. The summed E-state index contributed by atoms with van der Waals surface area (Å²) in [5.74, 6) is 0.996. The third kappa shape index (κ3) is 5.98. The van der Waals surface area contributed by atoms with Crippen molar-refractivity contribution in [2.75, 3.05) is 0 Å².